The molecule has 5 heteroatoms. The van der Waals surface area contributed by atoms with E-state index in [2.05, 4.69) is 49.0 Å². The van der Waals surface area contributed by atoms with Gasteiger partial charge < -0.3 is 4.42 Å². The number of rotatable bonds is 3. The topological polar surface area (TPSA) is 38.9 Å². The van der Waals surface area contributed by atoms with Gasteiger partial charge in [-0.3, -0.25) is 0 Å². The summed E-state index contributed by atoms with van der Waals surface area (Å²) in [5.74, 6) is 1.19. The SMILES string of the molecule is CCC(Br)c1nnc(-c2cccc(Br)c2C)o1. The largest absolute Gasteiger partial charge is 0.419 e. The van der Waals surface area contributed by atoms with Gasteiger partial charge in [0, 0.05) is 10.0 Å². The summed E-state index contributed by atoms with van der Waals surface area (Å²) < 4.78 is 6.71. The summed E-state index contributed by atoms with van der Waals surface area (Å²) in [5, 5.41) is 8.15. The van der Waals surface area contributed by atoms with Crippen LogP contribution in [0.5, 0.6) is 0 Å². The van der Waals surface area contributed by atoms with Gasteiger partial charge in [0.2, 0.25) is 11.8 Å². The summed E-state index contributed by atoms with van der Waals surface area (Å²) in [7, 11) is 0. The van der Waals surface area contributed by atoms with Crippen LogP contribution in [0.15, 0.2) is 27.1 Å². The third-order valence-corrected chi connectivity index (χ3v) is 4.46. The van der Waals surface area contributed by atoms with Crippen molar-refractivity contribution >= 4 is 31.9 Å². The molecular formula is C12H12Br2N2O. The van der Waals surface area contributed by atoms with E-state index in [0.717, 1.165) is 22.0 Å². The van der Waals surface area contributed by atoms with Crippen LogP contribution in [0.1, 0.15) is 29.6 Å². The Morgan fingerprint density at radius 3 is 2.82 bits per heavy atom. The highest BCUT2D eigenvalue weighted by Crippen LogP contribution is 2.31. The zero-order chi connectivity index (χ0) is 12.4. The molecule has 2 rings (SSSR count). The molecular weight excluding hydrogens is 348 g/mol. The first-order valence-corrected chi connectivity index (χ1v) is 7.07. The fourth-order valence-corrected chi connectivity index (χ4v) is 2.03. The smallest absolute Gasteiger partial charge is 0.248 e. The fourth-order valence-electron chi connectivity index (χ4n) is 1.48. The Morgan fingerprint density at radius 2 is 2.12 bits per heavy atom. The number of hydrogen-bond acceptors (Lipinski definition) is 3. The van der Waals surface area contributed by atoms with Gasteiger partial charge in [0.1, 0.15) is 0 Å². The van der Waals surface area contributed by atoms with Gasteiger partial charge in [0.15, 0.2) is 0 Å². The summed E-state index contributed by atoms with van der Waals surface area (Å²) >= 11 is 6.99. The zero-order valence-corrected chi connectivity index (χ0v) is 12.7. The second-order valence-electron chi connectivity index (χ2n) is 3.73. The Balaban J connectivity index is 2.40. The fraction of sp³-hybridized carbons (Fsp3) is 0.333. The van der Waals surface area contributed by atoms with Crippen molar-refractivity contribution < 1.29 is 4.42 Å². The van der Waals surface area contributed by atoms with E-state index >= 15 is 0 Å². The number of nitrogens with zero attached hydrogens (tertiary/aromatic N) is 2. The Kier molecular flexibility index (Phi) is 3.99. The summed E-state index contributed by atoms with van der Waals surface area (Å²) in [4.78, 5) is 0.121. The third kappa shape index (κ3) is 2.60. The quantitative estimate of drug-likeness (QED) is 0.748. The number of alkyl halides is 1. The molecule has 0 saturated heterocycles. The Bertz CT molecular complexity index is 525. The zero-order valence-electron chi connectivity index (χ0n) is 9.58. The van der Waals surface area contributed by atoms with Gasteiger partial charge >= 0.3 is 0 Å². The van der Waals surface area contributed by atoms with E-state index in [0.29, 0.717) is 11.8 Å². The predicted molar refractivity (Wildman–Crippen MR) is 74.1 cm³/mol. The van der Waals surface area contributed by atoms with Crippen LogP contribution >= 0.6 is 31.9 Å². The van der Waals surface area contributed by atoms with Crippen LogP contribution in [-0.4, -0.2) is 10.2 Å². The van der Waals surface area contributed by atoms with Crippen molar-refractivity contribution in [1.82, 2.24) is 10.2 Å². The predicted octanol–water partition coefficient (Wildman–Crippen LogP) is 4.65. The van der Waals surface area contributed by atoms with Gasteiger partial charge in [0.25, 0.3) is 0 Å². The van der Waals surface area contributed by atoms with Gasteiger partial charge in [-0.1, -0.05) is 44.8 Å². The van der Waals surface area contributed by atoms with Crippen molar-refractivity contribution in [3.05, 3.63) is 34.1 Å². The molecule has 2 aromatic rings. The van der Waals surface area contributed by atoms with E-state index in [1.807, 2.05) is 25.1 Å². The molecule has 1 aromatic heterocycles. The lowest BCUT2D eigenvalue weighted by Gasteiger charge is -2.03. The molecule has 1 unspecified atom stereocenters. The minimum atomic E-state index is 0.121. The molecule has 3 nitrogen and oxygen atoms in total. The van der Waals surface area contributed by atoms with Crippen LogP contribution < -0.4 is 0 Å². The molecule has 0 aliphatic rings. The van der Waals surface area contributed by atoms with Crippen molar-refractivity contribution in [2.24, 2.45) is 0 Å². The van der Waals surface area contributed by atoms with Crippen molar-refractivity contribution in [1.29, 1.82) is 0 Å². The van der Waals surface area contributed by atoms with Crippen molar-refractivity contribution in [2.75, 3.05) is 0 Å². The first kappa shape index (κ1) is 12.8. The molecule has 0 bridgehead atoms. The maximum Gasteiger partial charge on any atom is 0.248 e. The van der Waals surface area contributed by atoms with Crippen LogP contribution in [0.2, 0.25) is 0 Å². The average Bonchev–Trinajstić information content (AvgIpc) is 2.81. The molecule has 90 valence electrons. The van der Waals surface area contributed by atoms with Crippen molar-refractivity contribution in [2.45, 2.75) is 25.1 Å². The minimum absolute atomic E-state index is 0.121. The lowest BCUT2D eigenvalue weighted by atomic mass is 10.1. The third-order valence-electron chi connectivity index (χ3n) is 2.57. The number of aromatic nitrogens is 2. The highest BCUT2D eigenvalue weighted by atomic mass is 79.9. The van der Waals surface area contributed by atoms with E-state index in [9.17, 15) is 0 Å². The van der Waals surface area contributed by atoms with Gasteiger partial charge in [-0.25, -0.2) is 0 Å². The summed E-state index contributed by atoms with van der Waals surface area (Å²) in [6, 6.07) is 5.93. The molecule has 0 aliphatic carbocycles. The van der Waals surface area contributed by atoms with E-state index in [1.165, 1.54) is 0 Å². The van der Waals surface area contributed by atoms with E-state index < -0.39 is 0 Å². The first-order chi connectivity index (χ1) is 8.13. The van der Waals surface area contributed by atoms with E-state index in [1.54, 1.807) is 0 Å². The minimum Gasteiger partial charge on any atom is -0.419 e. The van der Waals surface area contributed by atoms with Crippen LogP contribution in [0.3, 0.4) is 0 Å². The van der Waals surface area contributed by atoms with Gasteiger partial charge in [0.05, 0.1) is 4.83 Å². The van der Waals surface area contributed by atoms with Gasteiger partial charge in [-0.2, -0.15) is 0 Å². The average molecular weight is 360 g/mol. The Morgan fingerprint density at radius 1 is 1.35 bits per heavy atom. The standard InChI is InChI=1S/C12H12Br2N2O/c1-3-9(13)12-16-15-11(17-12)8-5-4-6-10(14)7(8)2/h4-6,9H,3H2,1-2H3. The molecule has 0 spiro atoms. The van der Waals surface area contributed by atoms with Crippen molar-refractivity contribution in [3.8, 4) is 11.5 Å². The highest BCUT2D eigenvalue weighted by Gasteiger charge is 2.16. The van der Waals surface area contributed by atoms with E-state index in [4.69, 9.17) is 4.42 Å². The molecule has 0 saturated carbocycles. The van der Waals surface area contributed by atoms with Crippen LogP contribution in [0, 0.1) is 6.92 Å². The van der Waals surface area contributed by atoms with Gasteiger partial charge in [-0.05, 0) is 31.0 Å². The lowest BCUT2D eigenvalue weighted by Crippen LogP contribution is -1.86. The molecule has 1 heterocycles. The van der Waals surface area contributed by atoms with Gasteiger partial charge in [-0.15, -0.1) is 10.2 Å². The molecule has 0 aliphatic heterocycles. The monoisotopic (exact) mass is 358 g/mol. The number of hydrogen-bond donors (Lipinski definition) is 0. The maximum atomic E-state index is 5.67. The number of halogens is 2. The Labute approximate surface area is 117 Å². The van der Waals surface area contributed by atoms with Crippen LogP contribution in [0.25, 0.3) is 11.5 Å². The summed E-state index contributed by atoms with van der Waals surface area (Å²) in [6.07, 6.45) is 0.916. The maximum absolute atomic E-state index is 5.67. The molecule has 17 heavy (non-hydrogen) atoms. The summed E-state index contributed by atoms with van der Waals surface area (Å²) in [5.41, 5.74) is 2.07. The molecule has 1 atom stereocenters. The molecule has 1 aromatic carbocycles. The van der Waals surface area contributed by atoms with Crippen LogP contribution in [-0.2, 0) is 0 Å². The normalized spacial score (nSPS) is 12.7. The van der Waals surface area contributed by atoms with Crippen molar-refractivity contribution in [3.63, 3.8) is 0 Å². The lowest BCUT2D eigenvalue weighted by molar-refractivity contribution is 0.500. The Hall–Kier alpha value is -0.680. The second kappa shape index (κ2) is 5.31. The molecule has 0 fully saturated rings. The van der Waals surface area contributed by atoms with Crippen LogP contribution in [0.4, 0.5) is 0 Å². The number of benzene rings is 1. The van der Waals surface area contributed by atoms with E-state index in [-0.39, 0.29) is 4.83 Å². The first-order valence-electron chi connectivity index (χ1n) is 5.36. The second-order valence-corrected chi connectivity index (χ2v) is 5.69. The molecule has 0 N–H and O–H groups in total. The summed E-state index contributed by atoms with van der Waals surface area (Å²) in [6.45, 7) is 4.09. The highest BCUT2D eigenvalue weighted by molar-refractivity contribution is 9.10. The molecule has 0 amide bonds. The molecule has 0 radical (unpaired) electrons.